The van der Waals surface area contributed by atoms with Gasteiger partial charge in [-0.3, -0.25) is 4.79 Å². The number of benzene rings is 2. The maximum Gasteiger partial charge on any atom is 0.220 e. The molecule has 0 aliphatic rings. The molecule has 3 heteroatoms. The molecule has 0 aliphatic heterocycles. The molecule has 1 atom stereocenters. The van der Waals surface area contributed by atoms with E-state index in [1.807, 2.05) is 48.5 Å². The molecule has 0 bridgehead atoms. The highest BCUT2D eigenvalue weighted by molar-refractivity contribution is 5.76. The molecule has 2 aromatic rings. The molecule has 3 nitrogen and oxygen atoms in total. The summed E-state index contributed by atoms with van der Waals surface area (Å²) < 4.78 is 0. The quantitative estimate of drug-likeness (QED) is 0.820. The van der Waals surface area contributed by atoms with Crippen molar-refractivity contribution < 1.29 is 4.79 Å². The van der Waals surface area contributed by atoms with Gasteiger partial charge in [0.25, 0.3) is 0 Å². The first-order valence-corrected chi connectivity index (χ1v) is 7.38. The Balaban J connectivity index is 1.78. The second-order valence-corrected chi connectivity index (χ2v) is 5.11. The van der Waals surface area contributed by atoms with Gasteiger partial charge in [-0.05, 0) is 24.0 Å². The SMILES string of the molecule is NCC(NC(=O)CCCc1ccccc1)c1ccccc1. The third-order valence-electron chi connectivity index (χ3n) is 3.48. The third-order valence-corrected chi connectivity index (χ3v) is 3.48. The number of carbonyl (C=O) groups is 1. The fourth-order valence-electron chi connectivity index (χ4n) is 2.33. The maximum absolute atomic E-state index is 12.0. The minimum absolute atomic E-state index is 0.0604. The van der Waals surface area contributed by atoms with Crippen molar-refractivity contribution in [1.29, 1.82) is 0 Å². The molecule has 0 spiro atoms. The Morgan fingerprint density at radius 1 is 1.00 bits per heavy atom. The molecular weight excluding hydrogens is 260 g/mol. The standard InChI is InChI=1S/C18H22N2O/c19-14-17(16-11-5-2-6-12-16)20-18(21)13-7-10-15-8-3-1-4-9-15/h1-6,8-9,11-12,17H,7,10,13-14,19H2,(H,20,21). The lowest BCUT2D eigenvalue weighted by Crippen LogP contribution is -2.33. The van der Waals surface area contributed by atoms with E-state index >= 15 is 0 Å². The van der Waals surface area contributed by atoms with Crippen LogP contribution < -0.4 is 11.1 Å². The van der Waals surface area contributed by atoms with Crippen LogP contribution in [0.3, 0.4) is 0 Å². The van der Waals surface area contributed by atoms with Gasteiger partial charge >= 0.3 is 0 Å². The lowest BCUT2D eigenvalue weighted by Gasteiger charge is -2.17. The van der Waals surface area contributed by atoms with E-state index in [0.29, 0.717) is 13.0 Å². The van der Waals surface area contributed by atoms with Crippen LogP contribution in [0.1, 0.15) is 30.0 Å². The van der Waals surface area contributed by atoms with Crippen molar-refractivity contribution in [1.82, 2.24) is 5.32 Å². The van der Waals surface area contributed by atoms with E-state index < -0.39 is 0 Å². The van der Waals surface area contributed by atoms with E-state index in [9.17, 15) is 4.79 Å². The first kappa shape index (κ1) is 15.3. The van der Waals surface area contributed by atoms with Gasteiger partial charge in [0.1, 0.15) is 0 Å². The number of amides is 1. The van der Waals surface area contributed by atoms with Crippen LogP contribution in [0, 0.1) is 0 Å². The predicted molar refractivity (Wildman–Crippen MR) is 85.8 cm³/mol. The summed E-state index contributed by atoms with van der Waals surface area (Å²) in [6, 6.07) is 20.0. The Bertz CT molecular complexity index is 540. The zero-order valence-electron chi connectivity index (χ0n) is 12.2. The lowest BCUT2D eigenvalue weighted by molar-refractivity contribution is -0.121. The number of hydrogen-bond acceptors (Lipinski definition) is 2. The van der Waals surface area contributed by atoms with E-state index in [-0.39, 0.29) is 11.9 Å². The molecule has 0 fully saturated rings. The lowest BCUT2D eigenvalue weighted by atomic mass is 10.1. The van der Waals surface area contributed by atoms with Crippen LogP contribution in [0.4, 0.5) is 0 Å². The summed E-state index contributed by atoms with van der Waals surface area (Å²) in [5.74, 6) is 0.0604. The van der Waals surface area contributed by atoms with Gasteiger partial charge in [0.15, 0.2) is 0 Å². The zero-order valence-corrected chi connectivity index (χ0v) is 12.2. The minimum atomic E-state index is -0.101. The Kier molecular flexibility index (Phi) is 5.98. The summed E-state index contributed by atoms with van der Waals surface area (Å²) in [6.07, 6.45) is 2.30. The van der Waals surface area contributed by atoms with Crippen LogP contribution in [0.2, 0.25) is 0 Å². The van der Waals surface area contributed by atoms with Gasteiger partial charge in [-0.1, -0.05) is 60.7 Å². The van der Waals surface area contributed by atoms with Crippen LogP contribution in [0.5, 0.6) is 0 Å². The van der Waals surface area contributed by atoms with E-state index in [0.717, 1.165) is 18.4 Å². The number of hydrogen-bond donors (Lipinski definition) is 2. The normalized spacial score (nSPS) is 11.9. The number of carbonyl (C=O) groups excluding carboxylic acids is 1. The molecule has 0 heterocycles. The second-order valence-electron chi connectivity index (χ2n) is 5.11. The average molecular weight is 282 g/mol. The molecule has 3 N–H and O–H groups in total. The molecule has 0 saturated heterocycles. The van der Waals surface area contributed by atoms with Crippen molar-refractivity contribution in [3.8, 4) is 0 Å². The fraction of sp³-hybridized carbons (Fsp3) is 0.278. The molecule has 1 amide bonds. The van der Waals surface area contributed by atoms with Gasteiger partial charge in [-0.25, -0.2) is 0 Å². The molecule has 1 unspecified atom stereocenters. The van der Waals surface area contributed by atoms with Gasteiger partial charge in [0.05, 0.1) is 6.04 Å². The van der Waals surface area contributed by atoms with Crippen LogP contribution in [-0.4, -0.2) is 12.5 Å². The Labute approximate surface area is 126 Å². The predicted octanol–water partition coefficient (Wildman–Crippen LogP) is 2.83. The van der Waals surface area contributed by atoms with Crippen LogP contribution in [0.25, 0.3) is 0 Å². The zero-order chi connectivity index (χ0) is 14.9. The number of nitrogens with two attached hydrogens (primary N) is 1. The molecule has 0 aliphatic carbocycles. The molecule has 2 rings (SSSR count). The average Bonchev–Trinajstić information content (AvgIpc) is 2.54. The monoisotopic (exact) mass is 282 g/mol. The summed E-state index contributed by atoms with van der Waals surface area (Å²) in [4.78, 5) is 12.0. The van der Waals surface area contributed by atoms with Gasteiger partial charge in [0.2, 0.25) is 5.91 Å². The molecule has 0 saturated carbocycles. The first-order chi connectivity index (χ1) is 10.3. The van der Waals surface area contributed by atoms with Crippen LogP contribution >= 0.6 is 0 Å². The van der Waals surface area contributed by atoms with Crippen molar-refractivity contribution in [2.24, 2.45) is 5.73 Å². The van der Waals surface area contributed by atoms with E-state index in [1.54, 1.807) is 0 Å². The van der Waals surface area contributed by atoms with Crippen LogP contribution in [0.15, 0.2) is 60.7 Å². The summed E-state index contributed by atoms with van der Waals surface area (Å²) in [5, 5.41) is 3.01. The highest BCUT2D eigenvalue weighted by atomic mass is 16.1. The first-order valence-electron chi connectivity index (χ1n) is 7.38. The summed E-state index contributed by atoms with van der Waals surface area (Å²) in [5.41, 5.74) is 8.08. The number of nitrogens with one attached hydrogen (secondary N) is 1. The molecule has 110 valence electrons. The van der Waals surface area contributed by atoms with Crippen molar-refractivity contribution in [3.63, 3.8) is 0 Å². The van der Waals surface area contributed by atoms with E-state index in [2.05, 4.69) is 17.4 Å². The largest absolute Gasteiger partial charge is 0.348 e. The second kappa shape index (κ2) is 8.22. The Morgan fingerprint density at radius 2 is 1.62 bits per heavy atom. The summed E-state index contributed by atoms with van der Waals surface area (Å²) in [7, 11) is 0. The molecule has 0 aromatic heterocycles. The fourth-order valence-corrected chi connectivity index (χ4v) is 2.33. The Hall–Kier alpha value is -2.13. The smallest absolute Gasteiger partial charge is 0.220 e. The van der Waals surface area contributed by atoms with E-state index in [1.165, 1.54) is 5.56 Å². The number of aryl methyl sites for hydroxylation is 1. The van der Waals surface area contributed by atoms with Crippen molar-refractivity contribution in [2.75, 3.05) is 6.54 Å². The highest BCUT2D eigenvalue weighted by Gasteiger charge is 2.12. The van der Waals surface area contributed by atoms with Crippen LogP contribution in [-0.2, 0) is 11.2 Å². The molecular formula is C18H22N2O. The van der Waals surface area contributed by atoms with E-state index in [4.69, 9.17) is 5.73 Å². The van der Waals surface area contributed by atoms with Crippen molar-refractivity contribution >= 4 is 5.91 Å². The minimum Gasteiger partial charge on any atom is -0.348 e. The molecule has 0 radical (unpaired) electrons. The van der Waals surface area contributed by atoms with Gasteiger partial charge in [0, 0.05) is 13.0 Å². The maximum atomic E-state index is 12.0. The topological polar surface area (TPSA) is 55.1 Å². The van der Waals surface area contributed by atoms with Gasteiger partial charge in [-0.15, -0.1) is 0 Å². The molecule has 21 heavy (non-hydrogen) atoms. The van der Waals surface area contributed by atoms with Crippen molar-refractivity contribution in [3.05, 3.63) is 71.8 Å². The van der Waals surface area contributed by atoms with Crippen molar-refractivity contribution in [2.45, 2.75) is 25.3 Å². The molecule has 2 aromatic carbocycles. The summed E-state index contributed by atoms with van der Waals surface area (Å²) in [6.45, 7) is 0.411. The Morgan fingerprint density at radius 3 is 2.24 bits per heavy atom. The van der Waals surface area contributed by atoms with Gasteiger partial charge < -0.3 is 11.1 Å². The summed E-state index contributed by atoms with van der Waals surface area (Å²) >= 11 is 0. The van der Waals surface area contributed by atoms with Gasteiger partial charge in [-0.2, -0.15) is 0 Å². The third kappa shape index (κ3) is 5.04. The number of rotatable bonds is 7. The highest BCUT2D eigenvalue weighted by Crippen LogP contribution is 2.11.